The zero-order chi connectivity index (χ0) is 15.7. The Labute approximate surface area is 123 Å². The van der Waals surface area contributed by atoms with Crippen molar-refractivity contribution in [2.75, 3.05) is 26.7 Å². The Morgan fingerprint density at radius 3 is 2.38 bits per heavy atom. The molecule has 0 radical (unpaired) electrons. The van der Waals surface area contributed by atoms with Crippen molar-refractivity contribution < 1.29 is 18.8 Å². The summed E-state index contributed by atoms with van der Waals surface area (Å²) >= 11 is 0. The van der Waals surface area contributed by atoms with Crippen molar-refractivity contribution >= 4 is 17.7 Å². The number of nitrogens with one attached hydrogen (secondary N) is 1. The normalized spacial score (nSPS) is 22.1. The molecule has 0 aromatic heterocycles. The van der Waals surface area contributed by atoms with Crippen LogP contribution in [0.25, 0.3) is 0 Å². The highest BCUT2D eigenvalue weighted by Crippen LogP contribution is 2.26. The molecule has 7 heteroatoms. The van der Waals surface area contributed by atoms with Gasteiger partial charge in [-0.2, -0.15) is 0 Å². The summed E-state index contributed by atoms with van der Waals surface area (Å²) in [5.74, 6) is -1.91. The monoisotopic (exact) mass is 297 g/mol. The third kappa shape index (κ3) is 2.91. The molecule has 1 unspecified atom stereocenters. The molecule has 6 nitrogen and oxygen atoms in total. The average Bonchev–Trinajstić information content (AvgIpc) is 2.77. The van der Waals surface area contributed by atoms with Crippen molar-refractivity contribution in [1.29, 1.82) is 0 Å². The number of hydrogen-bond acceptors (Lipinski definition) is 3. The van der Waals surface area contributed by atoms with Gasteiger partial charge in [0.2, 0.25) is 11.8 Å². The van der Waals surface area contributed by atoms with E-state index in [2.05, 4.69) is 5.32 Å². The number of amides is 3. The molecule has 0 aromatic rings. The summed E-state index contributed by atoms with van der Waals surface area (Å²) in [5.41, 5.74) is 0.348. The molecule has 3 amide bonds. The standard InChI is InChI=1S/C14H20FN3O3/c1-8(2)12(15)14(21)17-6-10(7-17)18-5-9(4-11(18)19)13(20)16-3/h9-10H,4-7H2,1-3H3,(H,16,20). The van der Waals surface area contributed by atoms with E-state index in [1.165, 1.54) is 4.90 Å². The summed E-state index contributed by atoms with van der Waals surface area (Å²) in [4.78, 5) is 38.2. The molecule has 0 aliphatic carbocycles. The fourth-order valence-corrected chi connectivity index (χ4v) is 2.64. The van der Waals surface area contributed by atoms with Crippen LogP contribution in [0.15, 0.2) is 11.4 Å². The predicted molar refractivity (Wildman–Crippen MR) is 73.7 cm³/mol. The topological polar surface area (TPSA) is 69.7 Å². The molecule has 2 aliphatic heterocycles. The van der Waals surface area contributed by atoms with E-state index in [0.717, 1.165) is 0 Å². The van der Waals surface area contributed by atoms with E-state index in [4.69, 9.17) is 0 Å². The van der Waals surface area contributed by atoms with Crippen LogP contribution in [0.4, 0.5) is 4.39 Å². The lowest BCUT2D eigenvalue weighted by Gasteiger charge is -2.43. The van der Waals surface area contributed by atoms with Crippen LogP contribution >= 0.6 is 0 Å². The second-order valence-corrected chi connectivity index (χ2v) is 5.74. The Hall–Kier alpha value is -1.92. The summed E-state index contributed by atoms with van der Waals surface area (Å²) in [6.07, 6.45) is 0.201. The van der Waals surface area contributed by atoms with Crippen molar-refractivity contribution in [2.24, 2.45) is 5.92 Å². The van der Waals surface area contributed by atoms with E-state index >= 15 is 0 Å². The summed E-state index contributed by atoms with van der Waals surface area (Å²) < 4.78 is 13.5. The van der Waals surface area contributed by atoms with Gasteiger partial charge in [0, 0.05) is 33.1 Å². The molecule has 21 heavy (non-hydrogen) atoms. The van der Waals surface area contributed by atoms with Crippen molar-refractivity contribution in [3.63, 3.8) is 0 Å². The summed E-state index contributed by atoms with van der Waals surface area (Å²) in [6, 6.07) is -0.110. The fourth-order valence-electron chi connectivity index (χ4n) is 2.64. The van der Waals surface area contributed by atoms with E-state index < -0.39 is 11.7 Å². The maximum absolute atomic E-state index is 13.5. The minimum absolute atomic E-state index is 0.0802. The third-order valence-electron chi connectivity index (χ3n) is 3.99. The number of nitrogens with zero attached hydrogens (tertiary/aromatic N) is 2. The maximum atomic E-state index is 13.5. The smallest absolute Gasteiger partial charge is 0.282 e. The average molecular weight is 297 g/mol. The van der Waals surface area contributed by atoms with Crippen molar-refractivity contribution in [2.45, 2.75) is 26.3 Å². The van der Waals surface area contributed by atoms with Gasteiger partial charge in [-0.1, -0.05) is 0 Å². The third-order valence-corrected chi connectivity index (χ3v) is 3.99. The SMILES string of the molecule is CNC(=O)C1CC(=O)N(C2CN(C(=O)C(F)=C(C)C)C2)C1. The van der Waals surface area contributed by atoms with Crippen LogP contribution in [0.3, 0.4) is 0 Å². The number of halogens is 1. The van der Waals surface area contributed by atoms with Crippen LogP contribution < -0.4 is 5.32 Å². The molecular weight excluding hydrogens is 277 g/mol. The van der Waals surface area contributed by atoms with Crippen molar-refractivity contribution in [3.8, 4) is 0 Å². The molecule has 0 bridgehead atoms. The summed E-state index contributed by atoms with van der Waals surface area (Å²) in [7, 11) is 1.54. The number of carbonyl (C=O) groups excluding carboxylic acids is 3. The molecule has 0 aromatic carbocycles. The quantitative estimate of drug-likeness (QED) is 0.749. The highest BCUT2D eigenvalue weighted by atomic mass is 19.1. The first-order chi connectivity index (χ1) is 9.85. The Balaban J connectivity index is 1.91. The molecule has 1 atom stereocenters. The Morgan fingerprint density at radius 1 is 1.24 bits per heavy atom. The van der Waals surface area contributed by atoms with Crippen molar-refractivity contribution in [1.82, 2.24) is 15.1 Å². The largest absolute Gasteiger partial charge is 0.359 e. The zero-order valence-corrected chi connectivity index (χ0v) is 12.5. The number of hydrogen-bond donors (Lipinski definition) is 1. The summed E-state index contributed by atoms with van der Waals surface area (Å²) in [6.45, 7) is 4.11. The Bertz CT molecular complexity index is 508. The molecule has 2 saturated heterocycles. The molecule has 1 N–H and O–H groups in total. The molecule has 116 valence electrons. The van der Waals surface area contributed by atoms with Gasteiger partial charge < -0.3 is 15.1 Å². The van der Waals surface area contributed by atoms with Crippen molar-refractivity contribution in [3.05, 3.63) is 11.4 Å². The first kappa shape index (κ1) is 15.5. The number of rotatable bonds is 3. The molecule has 0 spiro atoms. The van der Waals surface area contributed by atoms with Crippen LogP contribution in [0.5, 0.6) is 0 Å². The minimum Gasteiger partial charge on any atom is -0.359 e. The van der Waals surface area contributed by atoms with Gasteiger partial charge in [0.25, 0.3) is 5.91 Å². The number of allylic oxidation sites excluding steroid dienone is 1. The first-order valence-corrected chi connectivity index (χ1v) is 6.98. The highest BCUT2D eigenvalue weighted by Gasteiger charge is 2.43. The number of carbonyl (C=O) groups is 3. The van der Waals surface area contributed by atoms with Gasteiger partial charge in [-0.25, -0.2) is 4.39 Å². The highest BCUT2D eigenvalue weighted by molar-refractivity contribution is 5.93. The van der Waals surface area contributed by atoms with Gasteiger partial charge in [0.1, 0.15) is 0 Å². The van der Waals surface area contributed by atoms with Gasteiger partial charge in [0.15, 0.2) is 5.83 Å². The van der Waals surface area contributed by atoms with Crippen LogP contribution in [0.1, 0.15) is 20.3 Å². The van der Waals surface area contributed by atoms with Gasteiger partial charge in [-0.3, -0.25) is 14.4 Å². The molecular formula is C14H20FN3O3. The Morgan fingerprint density at radius 2 is 1.86 bits per heavy atom. The maximum Gasteiger partial charge on any atom is 0.282 e. The van der Waals surface area contributed by atoms with Gasteiger partial charge in [-0.15, -0.1) is 0 Å². The van der Waals surface area contributed by atoms with Gasteiger partial charge in [0.05, 0.1) is 12.0 Å². The van der Waals surface area contributed by atoms with E-state index in [1.54, 1.807) is 25.8 Å². The van der Waals surface area contributed by atoms with Crippen LogP contribution in [0.2, 0.25) is 0 Å². The van der Waals surface area contributed by atoms with E-state index in [-0.39, 0.29) is 30.2 Å². The van der Waals surface area contributed by atoms with E-state index in [0.29, 0.717) is 25.2 Å². The second-order valence-electron chi connectivity index (χ2n) is 5.74. The van der Waals surface area contributed by atoms with Gasteiger partial charge in [-0.05, 0) is 19.4 Å². The lowest BCUT2D eigenvalue weighted by molar-refractivity contribution is -0.142. The van der Waals surface area contributed by atoms with Crippen LogP contribution in [-0.2, 0) is 14.4 Å². The number of likely N-dealkylation sites (tertiary alicyclic amines) is 2. The molecule has 2 rings (SSSR count). The summed E-state index contributed by atoms with van der Waals surface area (Å²) in [5, 5.41) is 2.54. The Kier molecular flexibility index (Phi) is 4.29. The second kappa shape index (κ2) is 5.83. The minimum atomic E-state index is -0.732. The molecule has 2 heterocycles. The molecule has 2 aliphatic rings. The fraction of sp³-hybridized carbons (Fsp3) is 0.643. The zero-order valence-electron chi connectivity index (χ0n) is 12.5. The lowest BCUT2D eigenvalue weighted by atomic mass is 10.1. The predicted octanol–water partition coefficient (Wildman–Crippen LogP) is 0.0551. The lowest BCUT2D eigenvalue weighted by Crippen LogP contribution is -2.61. The van der Waals surface area contributed by atoms with E-state index in [1.807, 2.05) is 0 Å². The van der Waals surface area contributed by atoms with Crippen LogP contribution in [0, 0.1) is 5.92 Å². The molecule has 0 saturated carbocycles. The van der Waals surface area contributed by atoms with E-state index in [9.17, 15) is 18.8 Å². The van der Waals surface area contributed by atoms with Crippen LogP contribution in [-0.4, -0.2) is 60.2 Å². The van der Waals surface area contributed by atoms with Gasteiger partial charge >= 0.3 is 0 Å². The first-order valence-electron chi connectivity index (χ1n) is 6.98. The molecule has 2 fully saturated rings.